The van der Waals surface area contributed by atoms with Crippen molar-refractivity contribution < 1.29 is 4.42 Å². The van der Waals surface area contributed by atoms with Crippen LogP contribution in [0.25, 0.3) is 87.9 Å². The number of para-hydroxylation sites is 4. The van der Waals surface area contributed by atoms with Gasteiger partial charge in [-0.2, -0.15) is 0 Å². The molecular formula is C36H20N4O. The molecule has 41 heavy (non-hydrogen) atoms. The lowest BCUT2D eigenvalue weighted by Gasteiger charge is -2.10. The summed E-state index contributed by atoms with van der Waals surface area (Å²) in [6.45, 7) is 0. The van der Waals surface area contributed by atoms with E-state index in [4.69, 9.17) is 14.4 Å². The van der Waals surface area contributed by atoms with Crippen molar-refractivity contribution >= 4 is 82.2 Å². The minimum absolute atomic E-state index is 0.900. The van der Waals surface area contributed by atoms with Crippen LogP contribution in [0.1, 0.15) is 0 Å². The van der Waals surface area contributed by atoms with Gasteiger partial charge in [-0.3, -0.25) is 4.40 Å². The quantitative estimate of drug-likeness (QED) is 0.201. The topological polar surface area (TPSA) is 48.3 Å². The summed E-state index contributed by atoms with van der Waals surface area (Å²) in [4.78, 5) is 9.99. The summed E-state index contributed by atoms with van der Waals surface area (Å²) in [7, 11) is 0. The fourth-order valence-corrected chi connectivity index (χ4v) is 6.80. The molecule has 0 bridgehead atoms. The van der Waals surface area contributed by atoms with Crippen molar-refractivity contribution in [3.05, 3.63) is 121 Å². The molecule has 10 aromatic rings. The number of pyridine rings is 2. The van der Waals surface area contributed by atoms with Gasteiger partial charge in [0.2, 0.25) is 0 Å². The molecule has 5 aromatic carbocycles. The molecule has 0 saturated heterocycles. The first-order valence-electron chi connectivity index (χ1n) is 13.8. The van der Waals surface area contributed by atoms with Gasteiger partial charge in [-0.05, 0) is 72.1 Å². The van der Waals surface area contributed by atoms with E-state index in [9.17, 15) is 0 Å². The average molecular weight is 525 g/mol. The molecule has 10 rings (SSSR count). The summed E-state index contributed by atoms with van der Waals surface area (Å²) in [5.41, 5.74) is 8.98. The molecule has 0 N–H and O–H groups in total. The van der Waals surface area contributed by atoms with Crippen LogP contribution in [-0.2, 0) is 0 Å². The highest BCUT2D eigenvalue weighted by atomic mass is 16.3. The molecule has 5 heteroatoms. The highest BCUT2D eigenvalue weighted by Crippen LogP contribution is 2.43. The Hall–Kier alpha value is -5.68. The molecule has 0 aliphatic carbocycles. The van der Waals surface area contributed by atoms with Crippen molar-refractivity contribution in [2.24, 2.45) is 0 Å². The Bertz CT molecular complexity index is 2690. The van der Waals surface area contributed by atoms with Crippen molar-refractivity contribution in [3.8, 4) is 5.69 Å². The first-order valence-corrected chi connectivity index (χ1v) is 13.8. The fraction of sp³-hybridized carbons (Fsp3) is 0. The third-order valence-electron chi connectivity index (χ3n) is 8.52. The number of hydrogen-bond acceptors (Lipinski definition) is 3. The number of nitrogens with zero attached hydrogens (tertiary/aromatic N) is 4. The smallest absolute Gasteiger partial charge is 0.147 e. The molecule has 0 aliphatic rings. The van der Waals surface area contributed by atoms with Gasteiger partial charge in [0.15, 0.2) is 0 Å². The summed E-state index contributed by atoms with van der Waals surface area (Å²) in [5.74, 6) is 0. The fourth-order valence-electron chi connectivity index (χ4n) is 6.80. The largest absolute Gasteiger partial charge is 0.455 e. The SMILES string of the molecule is c1ccc(-n2c3cc4c(cc3c3c5oc6ccccc6c5ccc32)c2cccnc2n2c3ccccc3nc42)cc1. The van der Waals surface area contributed by atoms with Crippen LogP contribution < -0.4 is 0 Å². The van der Waals surface area contributed by atoms with Gasteiger partial charge in [-0.1, -0.05) is 48.5 Å². The van der Waals surface area contributed by atoms with E-state index in [1.165, 1.54) is 0 Å². The van der Waals surface area contributed by atoms with Gasteiger partial charge in [-0.15, -0.1) is 0 Å². The van der Waals surface area contributed by atoms with Crippen molar-refractivity contribution in [2.75, 3.05) is 0 Å². The maximum atomic E-state index is 6.59. The lowest BCUT2D eigenvalue weighted by atomic mass is 10.0. The minimum Gasteiger partial charge on any atom is -0.455 e. The normalized spacial score (nSPS) is 12.4. The molecule has 5 heterocycles. The molecule has 0 fully saturated rings. The Morgan fingerprint density at radius 1 is 0.537 bits per heavy atom. The number of hydrogen-bond donors (Lipinski definition) is 0. The van der Waals surface area contributed by atoms with Gasteiger partial charge >= 0.3 is 0 Å². The molecule has 190 valence electrons. The van der Waals surface area contributed by atoms with E-state index in [1.807, 2.05) is 30.5 Å². The zero-order valence-electron chi connectivity index (χ0n) is 21.7. The minimum atomic E-state index is 0.900. The lowest BCUT2D eigenvalue weighted by Crippen LogP contribution is -1.95. The summed E-state index contributed by atoms with van der Waals surface area (Å²) in [6, 6.07) is 40.4. The predicted molar refractivity (Wildman–Crippen MR) is 167 cm³/mol. The van der Waals surface area contributed by atoms with Crippen molar-refractivity contribution in [1.29, 1.82) is 0 Å². The number of benzene rings is 5. The van der Waals surface area contributed by atoms with Gasteiger partial charge in [-0.25, -0.2) is 9.97 Å². The molecular weight excluding hydrogens is 504 g/mol. The second-order valence-electron chi connectivity index (χ2n) is 10.7. The van der Waals surface area contributed by atoms with Crippen LogP contribution in [-0.4, -0.2) is 18.9 Å². The van der Waals surface area contributed by atoms with Gasteiger partial charge in [0.25, 0.3) is 0 Å². The summed E-state index contributed by atoms with van der Waals surface area (Å²) >= 11 is 0. The first-order chi connectivity index (χ1) is 20.3. The second kappa shape index (κ2) is 7.49. The molecule has 5 nitrogen and oxygen atoms in total. The number of aromatic nitrogens is 4. The number of furan rings is 1. The average Bonchev–Trinajstić information content (AvgIpc) is 3.70. The lowest BCUT2D eigenvalue weighted by molar-refractivity contribution is 0.673. The Kier molecular flexibility index (Phi) is 3.87. The van der Waals surface area contributed by atoms with E-state index in [0.29, 0.717) is 0 Å². The molecule has 0 unspecified atom stereocenters. The van der Waals surface area contributed by atoms with Crippen LogP contribution in [0, 0.1) is 0 Å². The van der Waals surface area contributed by atoms with E-state index in [-0.39, 0.29) is 0 Å². The third kappa shape index (κ3) is 2.65. The Labute approximate surface area is 232 Å². The van der Waals surface area contributed by atoms with Crippen molar-refractivity contribution in [2.45, 2.75) is 0 Å². The van der Waals surface area contributed by atoms with Crippen LogP contribution in [0.2, 0.25) is 0 Å². The van der Waals surface area contributed by atoms with E-state index < -0.39 is 0 Å². The maximum absolute atomic E-state index is 6.59. The van der Waals surface area contributed by atoms with Crippen molar-refractivity contribution in [1.82, 2.24) is 18.9 Å². The van der Waals surface area contributed by atoms with Crippen LogP contribution in [0.4, 0.5) is 0 Å². The van der Waals surface area contributed by atoms with E-state index in [1.54, 1.807) is 0 Å². The van der Waals surface area contributed by atoms with Crippen LogP contribution in [0.3, 0.4) is 0 Å². The Morgan fingerprint density at radius 3 is 2.32 bits per heavy atom. The van der Waals surface area contributed by atoms with Crippen molar-refractivity contribution in [3.63, 3.8) is 0 Å². The number of imidazole rings is 1. The maximum Gasteiger partial charge on any atom is 0.147 e. The molecule has 5 aromatic heterocycles. The molecule has 0 atom stereocenters. The molecule has 0 radical (unpaired) electrons. The Morgan fingerprint density at radius 2 is 1.37 bits per heavy atom. The monoisotopic (exact) mass is 524 g/mol. The Balaban J connectivity index is 1.50. The first kappa shape index (κ1) is 21.2. The van der Waals surface area contributed by atoms with E-state index in [2.05, 4.69) is 100.0 Å². The summed E-state index contributed by atoms with van der Waals surface area (Å²) in [6.07, 6.45) is 1.86. The number of fused-ring (bicyclic) bond motifs is 15. The standard InChI is InChI=1S/C36H20N4O/c1-2-9-21(10-3-1)39-30-17-16-23-22-11-4-7-15-32(22)41-34(23)33(30)27-19-25-24-12-8-18-37-35(24)40-29-14-6-5-13-28(29)38-36(40)26(25)20-31(27)39/h1-20H. The van der Waals surface area contributed by atoms with E-state index >= 15 is 0 Å². The van der Waals surface area contributed by atoms with Gasteiger partial charge < -0.3 is 8.98 Å². The third-order valence-corrected chi connectivity index (χ3v) is 8.52. The van der Waals surface area contributed by atoms with Crippen LogP contribution in [0.15, 0.2) is 126 Å². The summed E-state index contributed by atoms with van der Waals surface area (Å²) < 4.78 is 11.1. The van der Waals surface area contributed by atoms with Crippen LogP contribution >= 0.6 is 0 Å². The molecule has 0 aliphatic heterocycles. The summed E-state index contributed by atoms with van der Waals surface area (Å²) in [5, 5.41) is 7.83. The predicted octanol–water partition coefficient (Wildman–Crippen LogP) is 9.19. The van der Waals surface area contributed by atoms with Gasteiger partial charge in [0, 0.05) is 38.8 Å². The highest BCUT2D eigenvalue weighted by molar-refractivity contribution is 6.27. The van der Waals surface area contributed by atoms with E-state index in [0.717, 1.165) is 87.9 Å². The van der Waals surface area contributed by atoms with Gasteiger partial charge in [0.05, 0.1) is 27.5 Å². The number of rotatable bonds is 1. The highest BCUT2D eigenvalue weighted by Gasteiger charge is 2.22. The molecule has 0 saturated carbocycles. The molecule has 0 spiro atoms. The second-order valence-corrected chi connectivity index (χ2v) is 10.7. The zero-order chi connectivity index (χ0) is 26.7. The zero-order valence-corrected chi connectivity index (χ0v) is 21.7. The van der Waals surface area contributed by atoms with Gasteiger partial charge in [0.1, 0.15) is 22.5 Å². The molecule has 0 amide bonds. The van der Waals surface area contributed by atoms with Crippen LogP contribution in [0.5, 0.6) is 0 Å².